The Hall–Kier alpha value is -1.32. The molecular weight excluding hydrogens is 224 g/mol. The van der Waals surface area contributed by atoms with Crippen LogP contribution in [0, 0.1) is 5.92 Å². The molecule has 0 amide bonds. The minimum atomic E-state index is 0.248. The monoisotopic (exact) mass is 244 g/mol. The third kappa shape index (κ3) is 2.16. The first-order chi connectivity index (χ1) is 8.88. The van der Waals surface area contributed by atoms with Crippen molar-refractivity contribution in [2.24, 2.45) is 11.8 Å². The topological polar surface area (TPSA) is 47.3 Å². The Balaban J connectivity index is 1.77. The fourth-order valence-electron chi connectivity index (χ4n) is 3.19. The van der Waals surface area contributed by atoms with E-state index in [1.165, 1.54) is 16.7 Å². The van der Waals surface area contributed by atoms with Gasteiger partial charge in [0.05, 0.1) is 12.9 Å². The van der Waals surface area contributed by atoms with Crippen molar-refractivity contribution in [1.82, 2.24) is 5.43 Å². The van der Waals surface area contributed by atoms with E-state index in [1.54, 1.807) is 0 Å². The second kappa shape index (κ2) is 5.12. The maximum absolute atomic E-state index is 5.77. The van der Waals surface area contributed by atoms with Crippen LogP contribution in [0.1, 0.15) is 24.0 Å². The minimum Gasteiger partial charge on any atom is -0.501 e. The largest absolute Gasteiger partial charge is 0.501 e. The van der Waals surface area contributed by atoms with Gasteiger partial charge in [-0.3, -0.25) is 11.3 Å². The van der Waals surface area contributed by atoms with Gasteiger partial charge in [-0.05, 0) is 48.3 Å². The Morgan fingerprint density at radius 1 is 1.22 bits per heavy atom. The van der Waals surface area contributed by atoms with Gasteiger partial charge >= 0.3 is 0 Å². The molecule has 96 valence electrons. The maximum atomic E-state index is 5.77. The van der Waals surface area contributed by atoms with Gasteiger partial charge in [-0.25, -0.2) is 0 Å². The highest BCUT2D eigenvalue weighted by Crippen LogP contribution is 2.32. The van der Waals surface area contributed by atoms with Crippen molar-refractivity contribution in [2.45, 2.75) is 31.7 Å². The van der Waals surface area contributed by atoms with Crippen LogP contribution in [0.15, 0.2) is 36.1 Å². The van der Waals surface area contributed by atoms with Crippen molar-refractivity contribution in [3.8, 4) is 0 Å². The zero-order valence-electron chi connectivity index (χ0n) is 10.6. The highest BCUT2D eigenvalue weighted by atomic mass is 16.5. The Morgan fingerprint density at radius 2 is 1.94 bits per heavy atom. The van der Waals surface area contributed by atoms with Crippen molar-refractivity contribution >= 4 is 0 Å². The summed E-state index contributed by atoms with van der Waals surface area (Å²) in [6.45, 7) is 0.839. The lowest BCUT2D eigenvalue weighted by molar-refractivity contribution is 0.214. The van der Waals surface area contributed by atoms with Crippen molar-refractivity contribution in [3.63, 3.8) is 0 Å². The first kappa shape index (κ1) is 11.8. The van der Waals surface area contributed by atoms with Crippen LogP contribution < -0.4 is 11.3 Å². The van der Waals surface area contributed by atoms with Gasteiger partial charge in [-0.1, -0.05) is 24.3 Å². The average molecular weight is 244 g/mol. The normalized spacial score (nSPS) is 21.1. The molecule has 3 nitrogen and oxygen atoms in total. The van der Waals surface area contributed by atoms with E-state index in [0.29, 0.717) is 5.92 Å². The second-order valence-corrected chi connectivity index (χ2v) is 5.25. The van der Waals surface area contributed by atoms with Crippen LogP contribution in [0.2, 0.25) is 0 Å². The predicted molar refractivity (Wildman–Crippen MR) is 71.7 cm³/mol. The molecule has 0 saturated carbocycles. The van der Waals surface area contributed by atoms with Crippen molar-refractivity contribution in [2.75, 3.05) is 6.61 Å². The predicted octanol–water partition coefficient (Wildman–Crippen LogP) is 1.93. The molecule has 3 N–H and O–H groups in total. The van der Waals surface area contributed by atoms with Gasteiger partial charge < -0.3 is 4.74 Å². The number of nitrogens with one attached hydrogen (secondary N) is 1. The molecule has 0 aromatic heterocycles. The molecule has 1 heterocycles. The van der Waals surface area contributed by atoms with E-state index in [-0.39, 0.29) is 6.04 Å². The van der Waals surface area contributed by atoms with Gasteiger partial charge in [0, 0.05) is 6.04 Å². The van der Waals surface area contributed by atoms with Gasteiger partial charge in [-0.2, -0.15) is 0 Å². The third-order valence-corrected chi connectivity index (χ3v) is 4.10. The van der Waals surface area contributed by atoms with E-state index in [4.69, 9.17) is 10.6 Å². The standard InChI is InChI=1S/C15H20N2O/c16-17-15(13-6-3-7-18-10-13)14-8-11-4-1-2-5-12(11)9-14/h1-2,4-5,10,14-15,17H,3,6-9,16H2. The fourth-order valence-corrected chi connectivity index (χ4v) is 3.19. The SMILES string of the molecule is NNC(C1=COCCC1)C1Cc2ccccc2C1. The lowest BCUT2D eigenvalue weighted by Gasteiger charge is -2.27. The molecule has 3 rings (SSSR count). The number of fused-ring (bicyclic) bond motifs is 1. The van der Waals surface area contributed by atoms with Crippen LogP contribution in [0.4, 0.5) is 0 Å². The molecule has 3 heteroatoms. The van der Waals surface area contributed by atoms with Crippen LogP contribution in [0.3, 0.4) is 0 Å². The first-order valence-corrected chi connectivity index (χ1v) is 6.72. The van der Waals surface area contributed by atoms with E-state index >= 15 is 0 Å². The molecule has 1 aromatic carbocycles. The van der Waals surface area contributed by atoms with E-state index in [0.717, 1.165) is 32.3 Å². The summed E-state index contributed by atoms with van der Waals surface area (Å²) in [5, 5.41) is 0. The van der Waals surface area contributed by atoms with E-state index in [1.807, 2.05) is 6.26 Å². The number of benzene rings is 1. The number of hydrazine groups is 1. The van der Waals surface area contributed by atoms with E-state index in [2.05, 4.69) is 29.7 Å². The molecule has 0 fully saturated rings. The number of hydrogen-bond acceptors (Lipinski definition) is 3. The molecule has 0 bridgehead atoms. The first-order valence-electron chi connectivity index (χ1n) is 6.72. The number of rotatable bonds is 3. The van der Waals surface area contributed by atoms with Gasteiger partial charge in [0.15, 0.2) is 0 Å². The summed E-state index contributed by atoms with van der Waals surface area (Å²) in [7, 11) is 0. The van der Waals surface area contributed by atoms with E-state index in [9.17, 15) is 0 Å². The highest BCUT2D eigenvalue weighted by molar-refractivity contribution is 5.34. The smallest absolute Gasteiger partial charge is 0.0876 e. The molecule has 0 saturated heterocycles. The summed E-state index contributed by atoms with van der Waals surface area (Å²) in [5.74, 6) is 6.33. The van der Waals surface area contributed by atoms with Crippen LogP contribution in [0.5, 0.6) is 0 Å². The Labute approximate surface area is 108 Å². The fraction of sp³-hybridized carbons (Fsp3) is 0.467. The summed E-state index contributed by atoms with van der Waals surface area (Å²) in [6, 6.07) is 8.95. The van der Waals surface area contributed by atoms with Crippen LogP contribution in [-0.2, 0) is 17.6 Å². The average Bonchev–Trinajstić information content (AvgIpc) is 2.84. The zero-order chi connectivity index (χ0) is 12.4. The lowest BCUT2D eigenvalue weighted by atomic mass is 9.89. The van der Waals surface area contributed by atoms with Crippen LogP contribution >= 0.6 is 0 Å². The molecule has 0 radical (unpaired) electrons. The molecule has 1 aromatic rings. The molecule has 2 aliphatic rings. The van der Waals surface area contributed by atoms with Gasteiger partial charge in [0.1, 0.15) is 0 Å². The molecule has 18 heavy (non-hydrogen) atoms. The summed E-state index contributed by atoms with van der Waals surface area (Å²) in [5.41, 5.74) is 7.27. The Bertz CT molecular complexity index is 431. The third-order valence-electron chi connectivity index (χ3n) is 4.10. The van der Waals surface area contributed by atoms with Crippen molar-refractivity contribution in [1.29, 1.82) is 0 Å². The summed E-state index contributed by atoms with van der Waals surface area (Å²) >= 11 is 0. The van der Waals surface area contributed by atoms with Crippen molar-refractivity contribution in [3.05, 3.63) is 47.2 Å². The zero-order valence-corrected chi connectivity index (χ0v) is 10.6. The second-order valence-electron chi connectivity index (χ2n) is 5.25. The molecule has 1 aliphatic heterocycles. The Kier molecular flexibility index (Phi) is 3.35. The molecule has 1 aliphatic carbocycles. The molecule has 1 atom stereocenters. The van der Waals surface area contributed by atoms with Gasteiger partial charge in [0.2, 0.25) is 0 Å². The number of ether oxygens (including phenoxy) is 1. The van der Waals surface area contributed by atoms with E-state index < -0.39 is 0 Å². The van der Waals surface area contributed by atoms with Gasteiger partial charge in [0.25, 0.3) is 0 Å². The van der Waals surface area contributed by atoms with Crippen LogP contribution in [0.25, 0.3) is 0 Å². The minimum absolute atomic E-state index is 0.248. The van der Waals surface area contributed by atoms with Crippen LogP contribution in [-0.4, -0.2) is 12.6 Å². The summed E-state index contributed by atoms with van der Waals surface area (Å²) in [4.78, 5) is 0. The molecule has 0 spiro atoms. The molecule has 1 unspecified atom stereocenters. The quantitative estimate of drug-likeness (QED) is 0.631. The number of nitrogens with two attached hydrogens (primary N) is 1. The maximum Gasteiger partial charge on any atom is 0.0876 e. The molecular formula is C15H20N2O. The summed E-state index contributed by atoms with van der Waals surface area (Å²) < 4.78 is 5.44. The van der Waals surface area contributed by atoms with Gasteiger partial charge in [-0.15, -0.1) is 0 Å². The lowest BCUT2D eigenvalue weighted by Crippen LogP contribution is -2.43. The highest BCUT2D eigenvalue weighted by Gasteiger charge is 2.30. The van der Waals surface area contributed by atoms with Crippen molar-refractivity contribution < 1.29 is 4.74 Å². The number of hydrogen-bond donors (Lipinski definition) is 2. The Morgan fingerprint density at radius 3 is 2.50 bits per heavy atom. The summed E-state index contributed by atoms with van der Waals surface area (Å²) in [6.07, 6.45) is 6.34.